The van der Waals surface area contributed by atoms with Crippen molar-refractivity contribution in [3.8, 4) is 11.5 Å². The molecule has 2 aromatic carbocycles. The molecule has 6 rings (SSSR count). The fourth-order valence-corrected chi connectivity index (χ4v) is 5.42. The number of aromatic nitrogens is 1. The van der Waals surface area contributed by atoms with Gasteiger partial charge in [0.05, 0.1) is 22.4 Å². The molecule has 188 valence electrons. The van der Waals surface area contributed by atoms with E-state index < -0.39 is 0 Å². The maximum absolute atomic E-state index is 13.5. The summed E-state index contributed by atoms with van der Waals surface area (Å²) in [5.41, 5.74) is 3.36. The Morgan fingerprint density at radius 1 is 1.05 bits per heavy atom. The van der Waals surface area contributed by atoms with Gasteiger partial charge < -0.3 is 20.3 Å². The highest BCUT2D eigenvalue weighted by atomic mass is 32.1. The Labute approximate surface area is 223 Å². The van der Waals surface area contributed by atoms with E-state index in [4.69, 9.17) is 4.74 Å². The van der Waals surface area contributed by atoms with Crippen molar-refractivity contribution in [2.45, 2.75) is 6.92 Å². The van der Waals surface area contributed by atoms with Crippen molar-refractivity contribution in [1.82, 2.24) is 15.2 Å². The zero-order chi connectivity index (χ0) is 26.2. The number of thiophene rings is 1. The molecule has 3 amide bonds. The predicted molar refractivity (Wildman–Crippen MR) is 150 cm³/mol. The molecule has 2 aromatic heterocycles. The molecule has 8 nitrogen and oxygen atoms in total. The number of carbonyl (C=O) groups is 2. The molecule has 4 heterocycles. The van der Waals surface area contributed by atoms with Gasteiger partial charge in [0.25, 0.3) is 5.91 Å². The molecule has 0 aliphatic carbocycles. The van der Waals surface area contributed by atoms with Crippen molar-refractivity contribution in [3.05, 3.63) is 108 Å². The molecule has 9 heteroatoms. The molecule has 0 atom stereocenters. The number of nitrogens with one attached hydrogen (secondary N) is 2. The number of hydrogen-bond acceptors (Lipinski definition) is 6. The standard InChI is InChI=1S/C29H23N5O3S/c1-18-17-21(37-20-8-4-3-5-9-20)10-11-22(18)34-23-12-14-30-28-24(23)25(32-29(34)36)26(38-28)27(35)31-19-7-6-15-33(2)16-13-19/h3-17H,1-2H3,(H,31,35)(H,32,36). The highest BCUT2D eigenvalue weighted by Gasteiger charge is 2.33. The van der Waals surface area contributed by atoms with Crippen molar-refractivity contribution >= 4 is 50.6 Å². The van der Waals surface area contributed by atoms with E-state index in [-0.39, 0.29) is 11.9 Å². The van der Waals surface area contributed by atoms with Crippen LogP contribution in [0.4, 0.5) is 21.9 Å². The number of hydrogen-bond donors (Lipinski definition) is 2. The molecule has 2 N–H and O–H groups in total. The van der Waals surface area contributed by atoms with Crippen molar-refractivity contribution < 1.29 is 14.3 Å². The minimum absolute atomic E-state index is 0.310. The Kier molecular flexibility index (Phi) is 5.89. The van der Waals surface area contributed by atoms with Crippen molar-refractivity contribution in [3.63, 3.8) is 0 Å². The van der Waals surface area contributed by atoms with E-state index in [0.717, 1.165) is 16.7 Å². The molecule has 0 saturated heterocycles. The molecule has 2 aliphatic rings. The van der Waals surface area contributed by atoms with Gasteiger partial charge in [-0.25, -0.2) is 9.78 Å². The number of benzene rings is 2. The van der Waals surface area contributed by atoms with Crippen LogP contribution in [-0.4, -0.2) is 28.9 Å². The van der Waals surface area contributed by atoms with Gasteiger partial charge >= 0.3 is 6.03 Å². The molecule has 0 saturated carbocycles. The van der Waals surface area contributed by atoms with E-state index in [9.17, 15) is 9.59 Å². The van der Waals surface area contributed by atoms with Crippen LogP contribution in [0.15, 0.2) is 97.1 Å². The Hall–Kier alpha value is -4.89. The smallest absolute Gasteiger partial charge is 0.331 e. The number of rotatable bonds is 5. The highest BCUT2D eigenvalue weighted by Crippen LogP contribution is 2.46. The fraction of sp³-hybridized carbons (Fsp3) is 0.0690. The number of aryl methyl sites for hydroxylation is 1. The molecular weight excluding hydrogens is 498 g/mol. The number of amides is 3. The summed E-state index contributed by atoms with van der Waals surface area (Å²) in [6.07, 6.45) is 10.9. The third kappa shape index (κ3) is 4.29. The van der Waals surface area contributed by atoms with E-state index in [1.165, 1.54) is 11.3 Å². The van der Waals surface area contributed by atoms with Crippen LogP contribution in [0.1, 0.15) is 15.2 Å². The Bertz CT molecular complexity index is 1670. The van der Waals surface area contributed by atoms with Gasteiger partial charge in [0, 0.05) is 31.3 Å². The van der Waals surface area contributed by atoms with Crippen LogP contribution >= 0.6 is 11.3 Å². The van der Waals surface area contributed by atoms with E-state index in [1.54, 1.807) is 17.2 Å². The number of anilines is 3. The Morgan fingerprint density at radius 2 is 1.89 bits per heavy atom. The topological polar surface area (TPSA) is 86.8 Å². The Balaban J connectivity index is 1.34. The monoisotopic (exact) mass is 521 g/mol. The molecule has 0 radical (unpaired) electrons. The second kappa shape index (κ2) is 9.53. The molecule has 0 unspecified atom stereocenters. The minimum Gasteiger partial charge on any atom is -0.457 e. The second-order valence-electron chi connectivity index (χ2n) is 8.84. The number of para-hydroxylation sites is 1. The summed E-state index contributed by atoms with van der Waals surface area (Å²) >= 11 is 1.25. The first-order valence-electron chi connectivity index (χ1n) is 11.9. The van der Waals surface area contributed by atoms with Gasteiger partial charge in [0.2, 0.25) is 0 Å². The van der Waals surface area contributed by atoms with Crippen molar-refractivity contribution in [2.24, 2.45) is 0 Å². The molecule has 0 spiro atoms. The molecule has 38 heavy (non-hydrogen) atoms. The SMILES string of the molecule is Cc1cc(Oc2ccccc2)ccc1N1C(=O)Nc2c(C(=O)NC3=CC=CN(C)C=C3)sc3nccc1c23. The number of nitrogens with zero attached hydrogens (tertiary/aromatic N) is 3. The van der Waals surface area contributed by atoms with Gasteiger partial charge in [0.15, 0.2) is 0 Å². The average molecular weight is 522 g/mol. The van der Waals surface area contributed by atoms with Crippen LogP contribution in [0.25, 0.3) is 10.2 Å². The van der Waals surface area contributed by atoms with Gasteiger partial charge in [0.1, 0.15) is 21.2 Å². The van der Waals surface area contributed by atoms with Gasteiger partial charge in [-0.05, 0) is 67.1 Å². The van der Waals surface area contributed by atoms with Gasteiger partial charge in [-0.1, -0.05) is 18.2 Å². The fourth-order valence-electron chi connectivity index (χ4n) is 4.41. The summed E-state index contributed by atoms with van der Waals surface area (Å²) in [4.78, 5) is 35.8. The minimum atomic E-state index is -0.351. The zero-order valence-electron chi connectivity index (χ0n) is 20.6. The predicted octanol–water partition coefficient (Wildman–Crippen LogP) is 6.67. The summed E-state index contributed by atoms with van der Waals surface area (Å²) in [6.45, 7) is 1.93. The molecule has 2 aliphatic heterocycles. The molecule has 4 aromatic rings. The van der Waals surface area contributed by atoms with E-state index in [0.29, 0.717) is 38.2 Å². The van der Waals surface area contributed by atoms with Crippen molar-refractivity contribution in [1.29, 1.82) is 0 Å². The number of allylic oxidation sites excluding steroid dienone is 3. The second-order valence-corrected chi connectivity index (χ2v) is 9.84. The van der Waals surface area contributed by atoms with Crippen LogP contribution in [-0.2, 0) is 0 Å². The first-order valence-corrected chi connectivity index (χ1v) is 12.8. The van der Waals surface area contributed by atoms with Gasteiger partial charge in [-0.15, -0.1) is 11.3 Å². The van der Waals surface area contributed by atoms with Crippen LogP contribution in [0.3, 0.4) is 0 Å². The van der Waals surface area contributed by atoms with Gasteiger partial charge in [-0.3, -0.25) is 9.69 Å². The summed E-state index contributed by atoms with van der Waals surface area (Å²) in [7, 11) is 1.90. The number of ether oxygens (including phenoxy) is 1. The number of pyridine rings is 1. The van der Waals surface area contributed by atoms with Crippen LogP contribution in [0.5, 0.6) is 11.5 Å². The first kappa shape index (κ1) is 23.5. The summed E-state index contributed by atoms with van der Waals surface area (Å²) in [6, 6.07) is 16.6. The van der Waals surface area contributed by atoms with Crippen LogP contribution < -0.4 is 20.3 Å². The van der Waals surface area contributed by atoms with E-state index in [2.05, 4.69) is 15.6 Å². The van der Waals surface area contributed by atoms with Crippen LogP contribution in [0, 0.1) is 6.92 Å². The molecular formula is C29H23N5O3S. The van der Waals surface area contributed by atoms with Gasteiger partial charge in [-0.2, -0.15) is 0 Å². The zero-order valence-corrected chi connectivity index (χ0v) is 21.5. The third-order valence-corrected chi connectivity index (χ3v) is 7.28. The summed E-state index contributed by atoms with van der Waals surface area (Å²) in [5.74, 6) is 1.10. The molecule has 0 fully saturated rings. The maximum atomic E-state index is 13.5. The quantitative estimate of drug-likeness (QED) is 0.306. The third-order valence-electron chi connectivity index (χ3n) is 6.18. The van der Waals surface area contributed by atoms with E-state index in [1.807, 2.05) is 98.0 Å². The van der Waals surface area contributed by atoms with E-state index >= 15 is 0 Å². The summed E-state index contributed by atoms with van der Waals surface area (Å²) < 4.78 is 5.96. The lowest BCUT2D eigenvalue weighted by molar-refractivity contribution is 0.0972. The number of carbonyl (C=O) groups excluding carboxylic acids is 2. The van der Waals surface area contributed by atoms with Crippen LogP contribution in [0.2, 0.25) is 0 Å². The number of urea groups is 1. The Morgan fingerprint density at radius 3 is 2.71 bits per heavy atom. The average Bonchev–Trinajstić information content (AvgIpc) is 3.15. The van der Waals surface area contributed by atoms with Crippen molar-refractivity contribution in [2.75, 3.05) is 17.3 Å². The maximum Gasteiger partial charge on any atom is 0.331 e. The lowest BCUT2D eigenvalue weighted by Gasteiger charge is -2.29. The highest BCUT2D eigenvalue weighted by molar-refractivity contribution is 7.21. The largest absolute Gasteiger partial charge is 0.457 e. The lowest BCUT2D eigenvalue weighted by atomic mass is 10.1. The molecule has 0 bridgehead atoms. The normalized spacial score (nSPS) is 14.3. The lowest BCUT2D eigenvalue weighted by Crippen LogP contribution is -2.35. The summed E-state index contributed by atoms with van der Waals surface area (Å²) in [5, 5.41) is 6.61. The first-order chi connectivity index (χ1) is 18.5.